The summed E-state index contributed by atoms with van der Waals surface area (Å²) < 4.78 is 4.81. The minimum absolute atomic E-state index is 0.134. The zero-order valence-electron chi connectivity index (χ0n) is 14.1. The van der Waals surface area contributed by atoms with Gasteiger partial charge in [-0.1, -0.05) is 13.0 Å². The maximum Gasteiger partial charge on any atom is 0.413 e. The Morgan fingerprint density at radius 3 is 2.46 bits per heavy atom. The van der Waals surface area contributed by atoms with E-state index in [0.717, 1.165) is 0 Å². The van der Waals surface area contributed by atoms with Crippen molar-refractivity contribution in [3.05, 3.63) is 41.5 Å². The van der Waals surface area contributed by atoms with E-state index in [0.29, 0.717) is 23.2 Å². The first kappa shape index (κ1) is 19.4. The molecule has 0 bridgehead atoms. The smallest absolute Gasteiger partial charge is 0.413 e. The fourth-order valence-corrected chi connectivity index (χ4v) is 1.85. The van der Waals surface area contributed by atoms with Crippen LogP contribution in [0.15, 0.2) is 35.9 Å². The largest absolute Gasteiger partial charge is 0.444 e. The third-order valence-electron chi connectivity index (χ3n) is 3.24. The number of carbonyl (C=O) groups excluding carboxylic acids is 2. The van der Waals surface area contributed by atoms with E-state index in [1.54, 1.807) is 30.3 Å². The Balaban J connectivity index is 2.65. The third kappa shape index (κ3) is 5.85. The third-order valence-corrected chi connectivity index (χ3v) is 3.24. The van der Waals surface area contributed by atoms with Gasteiger partial charge in [0.05, 0.1) is 6.61 Å². The van der Waals surface area contributed by atoms with Crippen molar-refractivity contribution in [2.24, 2.45) is 0 Å². The quantitative estimate of drug-likeness (QED) is 0.364. The number of hydrogen-bond donors (Lipinski definition) is 4. The van der Waals surface area contributed by atoms with Crippen LogP contribution >= 0.6 is 0 Å². The molecule has 1 rings (SSSR count). The lowest BCUT2D eigenvalue weighted by Gasteiger charge is -2.12. The number of amidine groups is 1. The zero-order valence-corrected chi connectivity index (χ0v) is 14.1. The van der Waals surface area contributed by atoms with Gasteiger partial charge >= 0.3 is 6.09 Å². The van der Waals surface area contributed by atoms with Crippen LogP contribution in [0.5, 0.6) is 0 Å². The van der Waals surface area contributed by atoms with E-state index in [9.17, 15) is 9.59 Å². The first-order valence-electron chi connectivity index (χ1n) is 7.65. The molecule has 24 heavy (non-hydrogen) atoms. The van der Waals surface area contributed by atoms with Gasteiger partial charge in [-0.25, -0.2) is 4.79 Å². The van der Waals surface area contributed by atoms with E-state index in [1.807, 2.05) is 13.8 Å². The fraction of sp³-hybridized carbons (Fsp3) is 0.353. The van der Waals surface area contributed by atoms with Gasteiger partial charge in [0.15, 0.2) is 0 Å². The molecule has 0 aromatic heterocycles. The van der Waals surface area contributed by atoms with Crippen LogP contribution in [0.2, 0.25) is 0 Å². The molecule has 0 aliphatic rings. The molecule has 4 N–H and O–H groups in total. The molecule has 7 heteroatoms. The van der Waals surface area contributed by atoms with Crippen LogP contribution in [0.3, 0.4) is 0 Å². The number of anilines is 1. The molecule has 0 spiro atoms. The normalized spacial score (nSPS) is 12.2. The summed E-state index contributed by atoms with van der Waals surface area (Å²) >= 11 is 0. The molecule has 1 aromatic carbocycles. The van der Waals surface area contributed by atoms with Crippen LogP contribution in [-0.4, -0.2) is 35.7 Å². The summed E-state index contributed by atoms with van der Waals surface area (Å²) in [4.78, 5) is 23.5. The van der Waals surface area contributed by atoms with Crippen molar-refractivity contribution in [1.82, 2.24) is 5.32 Å². The Kier molecular flexibility index (Phi) is 7.64. The highest BCUT2D eigenvalue weighted by Crippen LogP contribution is 2.12. The van der Waals surface area contributed by atoms with E-state index in [4.69, 9.17) is 15.3 Å². The number of benzene rings is 1. The molecular formula is C17H23N3O4. The molecule has 0 saturated heterocycles. The van der Waals surface area contributed by atoms with E-state index in [1.165, 1.54) is 6.92 Å². The highest BCUT2D eigenvalue weighted by atomic mass is 16.6. The van der Waals surface area contributed by atoms with Gasteiger partial charge in [-0.15, -0.1) is 0 Å². The summed E-state index contributed by atoms with van der Waals surface area (Å²) in [5.41, 5.74) is 1.75. The van der Waals surface area contributed by atoms with Gasteiger partial charge in [-0.3, -0.25) is 15.5 Å². The number of rotatable bonds is 6. The molecule has 2 amide bonds. The highest BCUT2D eigenvalue weighted by Gasteiger charge is 2.12. The summed E-state index contributed by atoms with van der Waals surface area (Å²) in [5.74, 6) is -0.298. The number of alkyl carbamates (subject to hydrolysis) is 1. The number of ether oxygens (including phenoxy) is 1. The molecule has 1 unspecified atom stereocenters. The molecule has 0 saturated carbocycles. The predicted molar refractivity (Wildman–Crippen MR) is 92.1 cm³/mol. The lowest BCUT2D eigenvalue weighted by molar-refractivity contribution is -0.113. The monoisotopic (exact) mass is 333 g/mol. The molecule has 130 valence electrons. The highest BCUT2D eigenvalue weighted by molar-refractivity contribution is 6.06. The molecule has 0 aliphatic carbocycles. The van der Waals surface area contributed by atoms with E-state index in [2.05, 4.69) is 10.6 Å². The number of amides is 2. The Morgan fingerprint density at radius 2 is 1.96 bits per heavy atom. The lowest BCUT2D eigenvalue weighted by atomic mass is 10.1. The first-order chi connectivity index (χ1) is 11.4. The summed E-state index contributed by atoms with van der Waals surface area (Å²) in [5, 5.41) is 21.7. The molecule has 0 aliphatic heterocycles. The lowest BCUT2D eigenvalue weighted by Crippen LogP contribution is -2.34. The summed E-state index contributed by atoms with van der Waals surface area (Å²) in [6.45, 7) is 4.96. The van der Waals surface area contributed by atoms with E-state index in [-0.39, 0.29) is 18.3 Å². The van der Waals surface area contributed by atoms with Crippen molar-refractivity contribution in [2.45, 2.75) is 33.3 Å². The Labute approximate surface area is 141 Å². The Bertz CT molecular complexity index is 623. The average molecular weight is 333 g/mol. The predicted octanol–water partition coefficient (Wildman–Crippen LogP) is 2.41. The van der Waals surface area contributed by atoms with Gasteiger partial charge in [-0.05, 0) is 44.5 Å². The molecule has 0 fully saturated rings. The SMILES string of the molecule is C/C=C(\CC)C(=O)Nc1ccc(C(=N)NC(=O)OC(C)CO)cc1. The van der Waals surface area contributed by atoms with Crippen LogP contribution in [0.25, 0.3) is 0 Å². The fourth-order valence-electron chi connectivity index (χ4n) is 1.85. The number of hydrogen-bond acceptors (Lipinski definition) is 5. The number of allylic oxidation sites excluding steroid dienone is 1. The van der Waals surface area contributed by atoms with Crippen molar-refractivity contribution in [2.75, 3.05) is 11.9 Å². The minimum Gasteiger partial charge on any atom is -0.444 e. The number of carbonyl (C=O) groups is 2. The van der Waals surface area contributed by atoms with Crippen LogP contribution in [-0.2, 0) is 9.53 Å². The topological polar surface area (TPSA) is 112 Å². The van der Waals surface area contributed by atoms with Gasteiger partial charge in [0.2, 0.25) is 0 Å². The van der Waals surface area contributed by atoms with Gasteiger partial charge in [-0.2, -0.15) is 0 Å². The Hall–Kier alpha value is -2.67. The van der Waals surface area contributed by atoms with Crippen molar-refractivity contribution >= 4 is 23.5 Å². The molecule has 1 aromatic rings. The van der Waals surface area contributed by atoms with Crippen molar-refractivity contribution < 1.29 is 19.4 Å². The molecular weight excluding hydrogens is 310 g/mol. The van der Waals surface area contributed by atoms with Crippen LogP contribution in [0.4, 0.5) is 10.5 Å². The zero-order chi connectivity index (χ0) is 18.1. The Morgan fingerprint density at radius 1 is 1.33 bits per heavy atom. The van der Waals surface area contributed by atoms with Gasteiger partial charge in [0.25, 0.3) is 5.91 Å². The van der Waals surface area contributed by atoms with Crippen molar-refractivity contribution in [3.63, 3.8) is 0 Å². The van der Waals surface area contributed by atoms with E-state index >= 15 is 0 Å². The molecule has 0 heterocycles. The summed E-state index contributed by atoms with van der Waals surface area (Å²) in [7, 11) is 0. The standard InChI is InChI=1S/C17H23N3O4/c1-4-12(5-2)16(22)19-14-8-6-13(7-9-14)15(18)20-17(23)24-11(3)10-21/h4,6-9,11,21H,5,10H2,1-3H3,(H,19,22)(H2,18,20,23)/b12-4+. The van der Waals surface area contributed by atoms with Gasteiger partial charge in [0.1, 0.15) is 11.9 Å². The maximum atomic E-state index is 12.0. The van der Waals surface area contributed by atoms with Gasteiger partial charge in [0, 0.05) is 16.8 Å². The van der Waals surface area contributed by atoms with Crippen molar-refractivity contribution in [1.29, 1.82) is 5.41 Å². The average Bonchev–Trinajstić information content (AvgIpc) is 2.56. The van der Waals surface area contributed by atoms with Crippen LogP contribution in [0, 0.1) is 5.41 Å². The second kappa shape index (κ2) is 9.46. The molecule has 7 nitrogen and oxygen atoms in total. The second-order valence-electron chi connectivity index (χ2n) is 5.10. The van der Waals surface area contributed by atoms with Gasteiger partial charge < -0.3 is 15.2 Å². The molecule has 1 atom stereocenters. The summed E-state index contributed by atoms with van der Waals surface area (Å²) in [6.07, 6.45) is 0.959. The minimum atomic E-state index is -0.806. The first-order valence-corrected chi connectivity index (χ1v) is 7.65. The second-order valence-corrected chi connectivity index (χ2v) is 5.10. The number of aliphatic hydroxyl groups excluding tert-OH is 1. The van der Waals surface area contributed by atoms with Crippen molar-refractivity contribution in [3.8, 4) is 0 Å². The summed E-state index contributed by atoms with van der Waals surface area (Å²) in [6, 6.07) is 6.51. The number of aliphatic hydroxyl groups is 1. The van der Waals surface area contributed by atoms with E-state index < -0.39 is 12.2 Å². The van der Waals surface area contributed by atoms with Crippen LogP contribution < -0.4 is 10.6 Å². The maximum absolute atomic E-state index is 12.0. The molecule has 0 radical (unpaired) electrons. The number of nitrogens with one attached hydrogen (secondary N) is 3. The van der Waals surface area contributed by atoms with Crippen LogP contribution in [0.1, 0.15) is 32.8 Å².